The molecular weight excluding hydrogens is 394 g/mol. The molecule has 2 N–H and O–H groups in total. The van der Waals surface area contributed by atoms with E-state index in [0.717, 1.165) is 46.8 Å². The number of nitrogens with zero attached hydrogens (tertiary/aromatic N) is 3. The maximum Gasteiger partial charge on any atom is 0.323 e. The summed E-state index contributed by atoms with van der Waals surface area (Å²) in [7, 11) is 0. The van der Waals surface area contributed by atoms with Crippen molar-refractivity contribution in [3.63, 3.8) is 0 Å². The highest BCUT2D eigenvalue weighted by atomic mass is 32.2. The molecule has 0 bridgehead atoms. The summed E-state index contributed by atoms with van der Waals surface area (Å²) in [5, 5.41) is 16.4. The van der Waals surface area contributed by atoms with Crippen LogP contribution in [-0.2, 0) is 0 Å². The van der Waals surface area contributed by atoms with Crippen molar-refractivity contribution in [2.75, 3.05) is 28.6 Å². The van der Waals surface area contributed by atoms with Gasteiger partial charge in [0, 0.05) is 34.9 Å². The summed E-state index contributed by atoms with van der Waals surface area (Å²) < 4.78 is 0. The van der Waals surface area contributed by atoms with E-state index in [0.29, 0.717) is 11.4 Å². The first-order valence-corrected chi connectivity index (χ1v) is 10.6. The number of nitriles is 1. The van der Waals surface area contributed by atoms with Crippen LogP contribution in [0.1, 0.15) is 12.8 Å². The largest absolute Gasteiger partial charge is 0.357 e. The van der Waals surface area contributed by atoms with Crippen LogP contribution in [0.25, 0.3) is 11.3 Å². The molecule has 0 radical (unpaired) electrons. The molecule has 2 amide bonds. The fourth-order valence-corrected chi connectivity index (χ4v) is 3.79. The van der Waals surface area contributed by atoms with Gasteiger partial charge in [0.25, 0.3) is 0 Å². The minimum atomic E-state index is -0.327. The molecule has 6 nitrogen and oxygen atoms in total. The molecule has 0 aliphatic carbocycles. The molecule has 1 aliphatic rings. The number of hydrogen-bond donors (Lipinski definition) is 2. The van der Waals surface area contributed by atoms with E-state index in [1.807, 2.05) is 47.9 Å². The van der Waals surface area contributed by atoms with Crippen molar-refractivity contribution in [1.82, 2.24) is 4.98 Å². The standard InChI is InChI=1S/C23H21N5OS/c24-16-30-20-11-9-18(10-12-20)25-23(29)26-19-6-3-5-17(15-19)21-7-4-8-22(27-21)28-13-1-2-14-28/h3-12,15H,1-2,13-14H2,(H2,25,26,29). The van der Waals surface area contributed by atoms with Crippen molar-refractivity contribution in [3.05, 3.63) is 66.7 Å². The van der Waals surface area contributed by atoms with Gasteiger partial charge in [-0.25, -0.2) is 9.78 Å². The number of benzene rings is 2. The zero-order chi connectivity index (χ0) is 20.8. The van der Waals surface area contributed by atoms with E-state index in [1.165, 1.54) is 12.8 Å². The molecule has 30 heavy (non-hydrogen) atoms. The van der Waals surface area contributed by atoms with Gasteiger partial charge in [-0.15, -0.1) is 0 Å². The molecule has 2 heterocycles. The average Bonchev–Trinajstić information content (AvgIpc) is 3.31. The molecule has 3 aromatic rings. The Bertz CT molecular complexity index is 1070. The zero-order valence-corrected chi connectivity index (χ0v) is 17.2. The first-order valence-electron chi connectivity index (χ1n) is 9.78. The number of hydrogen-bond acceptors (Lipinski definition) is 5. The van der Waals surface area contributed by atoms with Crippen LogP contribution in [0.5, 0.6) is 0 Å². The second-order valence-corrected chi connectivity index (χ2v) is 7.81. The summed E-state index contributed by atoms with van der Waals surface area (Å²) in [6, 6.07) is 20.5. The molecule has 0 atom stereocenters. The summed E-state index contributed by atoms with van der Waals surface area (Å²) in [5.41, 5.74) is 3.18. The van der Waals surface area contributed by atoms with Gasteiger partial charge in [0.2, 0.25) is 0 Å². The van der Waals surface area contributed by atoms with Crippen LogP contribution < -0.4 is 15.5 Å². The lowest BCUT2D eigenvalue weighted by molar-refractivity contribution is 0.262. The third-order valence-corrected chi connectivity index (χ3v) is 5.46. The predicted octanol–water partition coefficient (Wildman–Crippen LogP) is 5.57. The highest BCUT2D eigenvalue weighted by molar-refractivity contribution is 8.03. The molecule has 7 heteroatoms. The predicted molar refractivity (Wildman–Crippen MR) is 122 cm³/mol. The topological polar surface area (TPSA) is 81.0 Å². The van der Waals surface area contributed by atoms with Gasteiger partial charge in [0.05, 0.1) is 5.69 Å². The number of anilines is 3. The second kappa shape index (κ2) is 9.33. The Morgan fingerprint density at radius 2 is 1.70 bits per heavy atom. The van der Waals surface area contributed by atoms with E-state index >= 15 is 0 Å². The summed E-state index contributed by atoms with van der Waals surface area (Å²) in [6.07, 6.45) is 2.42. The Labute approximate surface area is 179 Å². The van der Waals surface area contributed by atoms with Crippen LogP contribution in [0, 0.1) is 10.7 Å². The van der Waals surface area contributed by atoms with Crippen LogP contribution in [0.3, 0.4) is 0 Å². The van der Waals surface area contributed by atoms with Crippen LogP contribution in [0.15, 0.2) is 71.6 Å². The Morgan fingerprint density at radius 3 is 2.47 bits per heavy atom. The molecule has 1 saturated heterocycles. The number of carbonyl (C=O) groups excluding carboxylic acids is 1. The number of nitrogens with one attached hydrogen (secondary N) is 2. The van der Waals surface area contributed by atoms with Crippen molar-refractivity contribution in [1.29, 1.82) is 5.26 Å². The summed E-state index contributed by atoms with van der Waals surface area (Å²) in [4.78, 5) is 20.3. The number of rotatable bonds is 5. The monoisotopic (exact) mass is 415 g/mol. The lowest BCUT2D eigenvalue weighted by atomic mass is 10.1. The minimum absolute atomic E-state index is 0.327. The van der Waals surface area contributed by atoms with Gasteiger partial charge < -0.3 is 15.5 Å². The Hall–Kier alpha value is -3.50. The van der Waals surface area contributed by atoms with Crippen LogP contribution in [0.4, 0.5) is 22.0 Å². The van der Waals surface area contributed by atoms with Gasteiger partial charge in [-0.1, -0.05) is 18.2 Å². The number of thiocyanates is 1. The Balaban J connectivity index is 1.44. The minimum Gasteiger partial charge on any atom is -0.357 e. The molecule has 1 aliphatic heterocycles. The normalized spacial score (nSPS) is 13.0. The van der Waals surface area contributed by atoms with Crippen LogP contribution in [-0.4, -0.2) is 24.1 Å². The first-order chi connectivity index (χ1) is 14.7. The fraction of sp³-hybridized carbons (Fsp3) is 0.174. The number of urea groups is 1. The second-order valence-electron chi connectivity index (χ2n) is 6.95. The Kier molecular flexibility index (Phi) is 6.16. The molecule has 4 rings (SSSR count). The summed E-state index contributed by atoms with van der Waals surface area (Å²) >= 11 is 1.08. The van der Waals surface area contributed by atoms with Gasteiger partial charge in [0.15, 0.2) is 0 Å². The van der Waals surface area contributed by atoms with Gasteiger partial charge >= 0.3 is 6.03 Å². The number of aromatic nitrogens is 1. The van der Waals surface area contributed by atoms with Crippen molar-refractivity contribution in [2.45, 2.75) is 17.7 Å². The van der Waals surface area contributed by atoms with Gasteiger partial charge in [-0.2, -0.15) is 5.26 Å². The van der Waals surface area contributed by atoms with E-state index in [2.05, 4.69) is 15.5 Å². The van der Waals surface area contributed by atoms with Crippen LogP contribution in [0.2, 0.25) is 0 Å². The van der Waals surface area contributed by atoms with Crippen molar-refractivity contribution < 1.29 is 4.79 Å². The Morgan fingerprint density at radius 1 is 0.967 bits per heavy atom. The third-order valence-electron chi connectivity index (χ3n) is 4.86. The van der Waals surface area contributed by atoms with Gasteiger partial charge in [-0.3, -0.25) is 0 Å². The summed E-state index contributed by atoms with van der Waals surface area (Å²) in [6.45, 7) is 2.10. The van der Waals surface area contributed by atoms with Crippen molar-refractivity contribution in [3.8, 4) is 16.7 Å². The average molecular weight is 416 g/mol. The van der Waals surface area contributed by atoms with Crippen LogP contribution >= 0.6 is 11.8 Å². The third kappa shape index (κ3) is 4.91. The maximum absolute atomic E-state index is 12.4. The molecule has 150 valence electrons. The lowest BCUT2D eigenvalue weighted by Crippen LogP contribution is -2.19. The summed E-state index contributed by atoms with van der Waals surface area (Å²) in [5.74, 6) is 0.999. The van der Waals surface area contributed by atoms with E-state index in [4.69, 9.17) is 10.2 Å². The highest BCUT2D eigenvalue weighted by Gasteiger charge is 2.14. The zero-order valence-electron chi connectivity index (χ0n) is 16.3. The van der Waals surface area contributed by atoms with Crippen molar-refractivity contribution >= 4 is 35.0 Å². The van der Waals surface area contributed by atoms with E-state index in [9.17, 15) is 4.79 Å². The van der Waals surface area contributed by atoms with E-state index in [1.54, 1.807) is 24.3 Å². The first kappa shape index (κ1) is 19.8. The maximum atomic E-state index is 12.4. The smallest absolute Gasteiger partial charge is 0.323 e. The molecule has 0 spiro atoms. The molecular formula is C23H21N5OS. The molecule has 1 fully saturated rings. The lowest BCUT2D eigenvalue weighted by Gasteiger charge is -2.17. The quantitative estimate of drug-likeness (QED) is 0.421. The fourth-order valence-electron chi connectivity index (χ4n) is 3.42. The molecule has 0 unspecified atom stereocenters. The highest BCUT2D eigenvalue weighted by Crippen LogP contribution is 2.25. The SMILES string of the molecule is N#CSc1ccc(NC(=O)Nc2cccc(-c3cccc(N4CCCC4)n3)c2)cc1. The van der Waals surface area contributed by atoms with E-state index in [-0.39, 0.29) is 6.03 Å². The molecule has 1 aromatic heterocycles. The van der Waals surface area contributed by atoms with Gasteiger partial charge in [0.1, 0.15) is 11.2 Å². The van der Waals surface area contributed by atoms with Gasteiger partial charge in [-0.05, 0) is 73.1 Å². The molecule has 0 saturated carbocycles. The number of pyridine rings is 1. The number of amides is 2. The molecule has 2 aromatic carbocycles. The van der Waals surface area contributed by atoms with E-state index < -0.39 is 0 Å². The number of carbonyl (C=O) groups is 1. The number of thioether (sulfide) groups is 1. The van der Waals surface area contributed by atoms with Crippen molar-refractivity contribution in [2.24, 2.45) is 0 Å².